The van der Waals surface area contributed by atoms with Crippen molar-refractivity contribution in [1.29, 1.82) is 0 Å². The molecular weight excluding hydrogens is 458 g/mol. The molecular formula is C24H28ClN5O2S. The fraction of sp³-hybridized carbons (Fsp3) is 0.375. The van der Waals surface area contributed by atoms with Gasteiger partial charge >= 0.3 is 0 Å². The summed E-state index contributed by atoms with van der Waals surface area (Å²) in [6.07, 6.45) is 2.20. The van der Waals surface area contributed by atoms with E-state index in [9.17, 15) is 4.79 Å². The number of nitrogens with one attached hydrogen (secondary N) is 2. The molecule has 2 heterocycles. The Kier molecular flexibility index (Phi) is 7.90. The molecule has 7 nitrogen and oxygen atoms in total. The number of nitrogens with zero attached hydrogens (tertiary/aromatic N) is 3. The van der Waals surface area contributed by atoms with Crippen molar-refractivity contribution in [3.63, 3.8) is 0 Å². The first-order valence-corrected chi connectivity index (χ1v) is 12.4. The molecule has 1 aliphatic rings. The van der Waals surface area contributed by atoms with Crippen molar-refractivity contribution in [1.82, 2.24) is 14.8 Å². The largest absolute Gasteiger partial charge is 0.378 e. The van der Waals surface area contributed by atoms with E-state index in [2.05, 4.69) is 25.4 Å². The molecule has 9 heteroatoms. The summed E-state index contributed by atoms with van der Waals surface area (Å²) in [5, 5.41) is 16.5. The molecule has 1 fully saturated rings. The Balaban J connectivity index is 1.42. The van der Waals surface area contributed by atoms with Crippen LogP contribution >= 0.6 is 23.4 Å². The quantitative estimate of drug-likeness (QED) is 0.412. The standard InChI is InChI=1S/C24H28ClN5O2S/c1-16-5-8-18(9-6-16)27-23(31)15-33-24-29-28-22(30(24)14-20-4-3-11-32-20)13-26-19-10-7-17(2)21(25)12-19/h5-10,12,20,26H,3-4,11,13-15H2,1-2H3,(H,27,31)/t20-/m1/s1. The highest BCUT2D eigenvalue weighted by atomic mass is 35.5. The van der Waals surface area contributed by atoms with Gasteiger partial charge in [-0.25, -0.2) is 0 Å². The Morgan fingerprint density at radius 3 is 2.70 bits per heavy atom. The van der Waals surface area contributed by atoms with E-state index in [1.807, 2.05) is 56.3 Å². The number of benzene rings is 2. The number of halogens is 1. The average Bonchev–Trinajstić information content (AvgIpc) is 3.45. The third kappa shape index (κ3) is 6.50. The van der Waals surface area contributed by atoms with E-state index < -0.39 is 0 Å². The van der Waals surface area contributed by atoms with Gasteiger partial charge < -0.3 is 19.9 Å². The first kappa shape index (κ1) is 23.6. The molecule has 0 saturated carbocycles. The summed E-state index contributed by atoms with van der Waals surface area (Å²) in [7, 11) is 0. The van der Waals surface area contributed by atoms with Crippen LogP contribution in [-0.2, 0) is 22.6 Å². The maximum absolute atomic E-state index is 12.5. The van der Waals surface area contributed by atoms with Gasteiger partial charge in [0.1, 0.15) is 0 Å². The summed E-state index contributed by atoms with van der Waals surface area (Å²) in [5.74, 6) is 0.964. The molecule has 2 N–H and O–H groups in total. The summed E-state index contributed by atoms with van der Waals surface area (Å²) < 4.78 is 7.90. The van der Waals surface area contributed by atoms with Crippen LogP contribution in [0.2, 0.25) is 5.02 Å². The van der Waals surface area contributed by atoms with Gasteiger partial charge in [0.15, 0.2) is 11.0 Å². The summed E-state index contributed by atoms with van der Waals surface area (Å²) in [6.45, 7) is 5.94. The van der Waals surface area contributed by atoms with E-state index in [1.165, 1.54) is 11.8 Å². The predicted octanol–water partition coefficient (Wildman–Crippen LogP) is 5.07. The molecule has 1 amide bonds. The fourth-order valence-electron chi connectivity index (χ4n) is 3.58. The van der Waals surface area contributed by atoms with E-state index >= 15 is 0 Å². The predicted molar refractivity (Wildman–Crippen MR) is 133 cm³/mol. The molecule has 1 saturated heterocycles. The van der Waals surface area contributed by atoms with Crippen LogP contribution in [0.4, 0.5) is 11.4 Å². The second kappa shape index (κ2) is 11.0. The lowest BCUT2D eigenvalue weighted by Crippen LogP contribution is -2.20. The highest BCUT2D eigenvalue weighted by molar-refractivity contribution is 7.99. The lowest BCUT2D eigenvalue weighted by atomic mass is 10.2. The Labute approximate surface area is 203 Å². The zero-order valence-corrected chi connectivity index (χ0v) is 20.4. The van der Waals surface area contributed by atoms with Crippen LogP contribution in [0.5, 0.6) is 0 Å². The SMILES string of the molecule is Cc1ccc(NC(=O)CSc2nnc(CNc3ccc(C)c(Cl)c3)n2C[C@H]2CCCO2)cc1. The highest BCUT2D eigenvalue weighted by Crippen LogP contribution is 2.24. The van der Waals surface area contributed by atoms with Crippen LogP contribution in [0.15, 0.2) is 47.6 Å². The number of amides is 1. The first-order valence-electron chi connectivity index (χ1n) is 11.0. The number of aromatic nitrogens is 3. The molecule has 1 aromatic heterocycles. The smallest absolute Gasteiger partial charge is 0.234 e. The molecule has 0 spiro atoms. The lowest BCUT2D eigenvalue weighted by Gasteiger charge is -2.15. The van der Waals surface area contributed by atoms with Crippen LogP contribution in [0, 0.1) is 13.8 Å². The van der Waals surface area contributed by atoms with E-state index in [0.29, 0.717) is 18.2 Å². The van der Waals surface area contributed by atoms with Gasteiger partial charge in [0.2, 0.25) is 5.91 Å². The third-order valence-electron chi connectivity index (χ3n) is 5.49. The molecule has 0 bridgehead atoms. The monoisotopic (exact) mass is 485 g/mol. The number of carbonyl (C=O) groups is 1. The minimum atomic E-state index is -0.0792. The van der Waals surface area contributed by atoms with Crippen molar-refractivity contribution >= 4 is 40.6 Å². The normalized spacial score (nSPS) is 15.5. The molecule has 0 unspecified atom stereocenters. The molecule has 3 aromatic rings. The Bertz CT molecular complexity index is 1100. The second-order valence-corrected chi connectivity index (χ2v) is 9.51. The van der Waals surface area contributed by atoms with Crippen molar-refractivity contribution in [3.05, 3.63) is 64.4 Å². The molecule has 1 aliphatic heterocycles. The average molecular weight is 486 g/mol. The minimum absolute atomic E-state index is 0.0792. The molecule has 4 rings (SSSR count). The number of thioether (sulfide) groups is 1. The zero-order chi connectivity index (χ0) is 23.2. The van der Waals surface area contributed by atoms with Crippen LogP contribution in [-0.4, -0.2) is 39.1 Å². The van der Waals surface area contributed by atoms with Crippen molar-refractivity contribution in [2.24, 2.45) is 0 Å². The van der Waals surface area contributed by atoms with Gasteiger partial charge in [0, 0.05) is 23.0 Å². The van der Waals surface area contributed by atoms with Crippen LogP contribution < -0.4 is 10.6 Å². The summed E-state index contributed by atoms with van der Waals surface area (Å²) in [4.78, 5) is 12.5. The number of hydrogen-bond acceptors (Lipinski definition) is 6. The van der Waals surface area contributed by atoms with Crippen molar-refractivity contribution in [2.45, 2.75) is 51.0 Å². The van der Waals surface area contributed by atoms with Gasteiger partial charge in [0.25, 0.3) is 0 Å². The summed E-state index contributed by atoms with van der Waals surface area (Å²) >= 11 is 7.63. The summed E-state index contributed by atoms with van der Waals surface area (Å²) in [6, 6.07) is 13.6. The van der Waals surface area contributed by atoms with Crippen molar-refractivity contribution in [2.75, 3.05) is 23.0 Å². The Morgan fingerprint density at radius 1 is 1.18 bits per heavy atom. The maximum Gasteiger partial charge on any atom is 0.234 e. The third-order valence-corrected chi connectivity index (χ3v) is 6.87. The Morgan fingerprint density at radius 2 is 1.97 bits per heavy atom. The van der Waals surface area contributed by atoms with Crippen LogP contribution in [0.25, 0.3) is 0 Å². The number of rotatable bonds is 9. The number of ether oxygens (including phenoxy) is 1. The number of aryl methyl sites for hydroxylation is 2. The minimum Gasteiger partial charge on any atom is -0.378 e. The van der Waals surface area contributed by atoms with Gasteiger partial charge in [-0.3, -0.25) is 4.79 Å². The Hall–Kier alpha value is -2.55. The molecule has 174 valence electrons. The molecule has 2 aromatic carbocycles. The van der Waals surface area contributed by atoms with Gasteiger partial charge in [-0.2, -0.15) is 0 Å². The van der Waals surface area contributed by atoms with Gasteiger partial charge in [-0.15, -0.1) is 10.2 Å². The van der Waals surface area contributed by atoms with E-state index in [-0.39, 0.29) is 17.8 Å². The fourth-order valence-corrected chi connectivity index (χ4v) is 4.53. The number of hydrogen-bond donors (Lipinski definition) is 2. The van der Waals surface area contributed by atoms with Gasteiger partial charge in [0.05, 0.1) is 24.9 Å². The zero-order valence-electron chi connectivity index (χ0n) is 18.8. The van der Waals surface area contributed by atoms with Crippen LogP contribution in [0.3, 0.4) is 0 Å². The van der Waals surface area contributed by atoms with Gasteiger partial charge in [-0.05, 0) is 56.5 Å². The van der Waals surface area contributed by atoms with Crippen molar-refractivity contribution in [3.8, 4) is 0 Å². The van der Waals surface area contributed by atoms with Crippen molar-refractivity contribution < 1.29 is 9.53 Å². The second-order valence-electron chi connectivity index (χ2n) is 8.16. The molecule has 0 aliphatic carbocycles. The summed E-state index contributed by atoms with van der Waals surface area (Å²) in [5.41, 5.74) is 3.89. The number of carbonyl (C=O) groups excluding carboxylic acids is 1. The van der Waals surface area contributed by atoms with Crippen LogP contribution in [0.1, 0.15) is 29.8 Å². The first-order chi connectivity index (χ1) is 16.0. The topological polar surface area (TPSA) is 81.1 Å². The maximum atomic E-state index is 12.5. The van der Waals surface area contributed by atoms with E-state index in [0.717, 1.165) is 52.8 Å². The number of anilines is 2. The molecule has 33 heavy (non-hydrogen) atoms. The lowest BCUT2D eigenvalue weighted by molar-refractivity contribution is -0.113. The molecule has 1 atom stereocenters. The van der Waals surface area contributed by atoms with E-state index in [1.54, 1.807) is 0 Å². The van der Waals surface area contributed by atoms with E-state index in [4.69, 9.17) is 16.3 Å². The molecule has 0 radical (unpaired) electrons. The van der Waals surface area contributed by atoms with Gasteiger partial charge in [-0.1, -0.05) is 47.1 Å². The highest BCUT2D eigenvalue weighted by Gasteiger charge is 2.21.